The van der Waals surface area contributed by atoms with Crippen LogP contribution in [0.25, 0.3) is 22.5 Å². The average Bonchev–Trinajstić information content (AvgIpc) is 3.60. The second-order valence-corrected chi connectivity index (χ2v) is 7.58. The quantitative estimate of drug-likeness (QED) is 0.382. The van der Waals surface area contributed by atoms with Gasteiger partial charge in [-0.15, -0.1) is 0 Å². The number of anilines is 1. The van der Waals surface area contributed by atoms with Gasteiger partial charge in [0.2, 0.25) is 0 Å². The molecule has 0 radical (unpaired) electrons. The highest BCUT2D eigenvalue weighted by molar-refractivity contribution is 6.07. The minimum atomic E-state index is -0.335. The standard InChI is InChI=1S/C26H22N6O3/c1-34-23-13-8-18(14-24(23)35-2)22-15-31(20-6-4-3-5-7-20)30-25(22)26(33)29-19-9-11-21(12-10-19)32-17-27-16-28-32/h3-17H,1-2H3,(H,29,33). The van der Waals surface area contributed by atoms with Gasteiger partial charge in [-0.2, -0.15) is 10.2 Å². The molecule has 1 amide bonds. The number of rotatable bonds is 7. The lowest BCUT2D eigenvalue weighted by Gasteiger charge is -2.10. The Bertz CT molecular complexity index is 1440. The van der Waals surface area contributed by atoms with Crippen molar-refractivity contribution in [2.75, 3.05) is 19.5 Å². The van der Waals surface area contributed by atoms with Gasteiger partial charge < -0.3 is 14.8 Å². The normalized spacial score (nSPS) is 10.7. The van der Waals surface area contributed by atoms with E-state index in [1.165, 1.54) is 6.33 Å². The lowest BCUT2D eigenvalue weighted by molar-refractivity contribution is 0.102. The maximum absolute atomic E-state index is 13.4. The summed E-state index contributed by atoms with van der Waals surface area (Å²) in [5.74, 6) is 0.829. The van der Waals surface area contributed by atoms with Crippen LogP contribution in [0.15, 0.2) is 91.6 Å². The van der Waals surface area contributed by atoms with Gasteiger partial charge in [0.1, 0.15) is 12.7 Å². The summed E-state index contributed by atoms with van der Waals surface area (Å²) >= 11 is 0. The van der Waals surface area contributed by atoms with Crippen molar-refractivity contribution in [2.45, 2.75) is 0 Å². The molecule has 0 atom stereocenters. The predicted molar refractivity (Wildman–Crippen MR) is 131 cm³/mol. The predicted octanol–water partition coefficient (Wildman–Crippen LogP) is 4.39. The van der Waals surface area contributed by atoms with Crippen LogP contribution in [-0.2, 0) is 0 Å². The van der Waals surface area contributed by atoms with E-state index in [1.54, 1.807) is 48.1 Å². The van der Waals surface area contributed by atoms with Gasteiger partial charge in [0.15, 0.2) is 17.2 Å². The monoisotopic (exact) mass is 466 g/mol. The van der Waals surface area contributed by atoms with Gasteiger partial charge in [0.05, 0.1) is 25.6 Å². The van der Waals surface area contributed by atoms with E-state index in [1.807, 2.05) is 60.8 Å². The Balaban J connectivity index is 1.50. The van der Waals surface area contributed by atoms with Crippen LogP contribution in [0.5, 0.6) is 11.5 Å². The smallest absolute Gasteiger partial charge is 0.276 e. The molecule has 35 heavy (non-hydrogen) atoms. The topological polar surface area (TPSA) is 96.1 Å². The number of nitrogens with zero attached hydrogens (tertiary/aromatic N) is 5. The van der Waals surface area contributed by atoms with Gasteiger partial charge in [-0.25, -0.2) is 14.3 Å². The van der Waals surface area contributed by atoms with Gasteiger partial charge in [-0.1, -0.05) is 24.3 Å². The summed E-state index contributed by atoms with van der Waals surface area (Å²) in [6.07, 6.45) is 4.91. The maximum atomic E-state index is 13.4. The molecule has 0 bridgehead atoms. The first-order valence-electron chi connectivity index (χ1n) is 10.8. The van der Waals surface area contributed by atoms with E-state index >= 15 is 0 Å². The van der Waals surface area contributed by atoms with Crippen molar-refractivity contribution >= 4 is 11.6 Å². The van der Waals surface area contributed by atoms with E-state index in [9.17, 15) is 4.79 Å². The summed E-state index contributed by atoms with van der Waals surface area (Å²) in [6.45, 7) is 0. The van der Waals surface area contributed by atoms with Crippen molar-refractivity contribution in [3.05, 3.63) is 97.3 Å². The van der Waals surface area contributed by atoms with E-state index in [0.717, 1.165) is 16.9 Å². The maximum Gasteiger partial charge on any atom is 0.276 e. The summed E-state index contributed by atoms with van der Waals surface area (Å²) in [7, 11) is 3.16. The third kappa shape index (κ3) is 4.47. The molecular weight excluding hydrogens is 444 g/mol. The molecule has 9 nitrogen and oxygen atoms in total. The van der Waals surface area contributed by atoms with Crippen molar-refractivity contribution < 1.29 is 14.3 Å². The lowest BCUT2D eigenvalue weighted by atomic mass is 10.1. The molecule has 0 saturated carbocycles. The minimum absolute atomic E-state index is 0.279. The van der Waals surface area contributed by atoms with Crippen molar-refractivity contribution in [3.63, 3.8) is 0 Å². The van der Waals surface area contributed by atoms with Gasteiger partial charge in [-0.3, -0.25) is 4.79 Å². The van der Waals surface area contributed by atoms with E-state index in [4.69, 9.17) is 9.47 Å². The molecule has 9 heteroatoms. The van der Waals surface area contributed by atoms with Gasteiger partial charge >= 0.3 is 0 Å². The highest BCUT2D eigenvalue weighted by Crippen LogP contribution is 2.34. The molecule has 1 N–H and O–H groups in total. The number of ether oxygens (including phenoxy) is 2. The minimum Gasteiger partial charge on any atom is -0.493 e. The summed E-state index contributed by atoms with van der Waals surface area (Å²) in [5, 5.41) is 11.7. The molecule has 3 aromatic carbocycles. The zero-order valence-electron chi connectivity index (χ0n) is 19.1. The van der Waals surface area contributed by atoms with Gasteiger partial charge in [0.25, 0.3) is 5.91 Å². The van der Waals surface area contributed by atoms with E-state index in [2.05, 4.69) is 20.5 Å². The Kier molecular flexibility index (Phi) is 5.96. The molecule has 0 aliphatic heterocycles. The number of carbonyl (C=O) groups is 1. The number of amides is 1. The van der Waals surface area contributed by atoms with Gasteiger partial charge in [-0.05, 0) is 54.1 Å². The van der Waals surface area contributed by atoms with E-state index in [-0.39, 0.29) is 11.6 Å². The highest BCUT2D eigenvalue weighted by atomic mass is 16.5. The molecule has 174 valence electrons. The van der Waals surface area contributed by atoms with Crippen LogP contribution >= 0.6 is 0 Å². The van der Waals surface area contributed by atoms with Crippen LogP contribution in [0.1, 0.15) is 10.5 Å². The van der Waals surface area contributed by atoms with Crippen LogP contribution in [0, 0.1) is 0 Å². The molecular formula is C26H22N6O3. The molecule has 5 rings (SSSR count). The highest BCUT2D eigenvalue weighted by Gasteiger charge is 2.20. The molecule has 0 aliphatic rings. The molecule has 5 aromatic rings. The Labute approximate surface area is 201 Å². The number of para-hydroxylation sites is 1. The van der Waals surface area contributed by atoms with Crippen molar-refractivity contribution in [2.24, 2.45) is 0 Å². The zero-order chi connectivity index (χ0) is 24.2. The Hall–Kier alpha value is -4.92. The van der Waals surface area contributed by atoms with E-state index < -0.39 is 0 Å². The number of aromatic nitrogens is 5. The lowest BCUT2D eigenvalue weighted by Crippen LogP contribution is -2.14. The van der Waals surface area contributed by atoms with Crippen LogP contribution in [0.4, 0.5) is 5.69 Å². The summed E-state index contributed by atoms with van der Waals surface area (Å²) in [4.78, 5) is 17.3. The first kappa shape index (κ1) is 21.9. The van der Waals surface area contributed by atoms with Gasteiger partial charge in [0, 0.05) is 17.4 Å². The van der Waals surface area contributed by atoms with E-state index in [0.29, 0.717) is 22.7 Å². The second-order valence-electron chi connectivity index (χ2n) is 7.58. The SMILES string of the molecule is COc1ccc(-c2cn(-c3ccccc3)nc2C(=O)Nc2ccc(-n3cncn3)cc2)cc1OC. The third-order valence-electron chi connectivity index (χ3n) is 5.45. The van der Waals surface area contributed by atoms with Crippen LogP contribution in [0.3, 0.4) is 0 Å². The number of carbonyl (C=O) groups excluding carboxylic acids is 1. The number of hydrogen-bond acceptors (Lipinski definition) is 6. The molecule has 2 aromatic heterocycles. The zero-order valence-corrected chi connectivity index (χ0v) is 19.1. The Morgan fingerprint density at radius 2 is 1.60 bits per heavy atom. The first-order valence-corrected chi connectivity index (χ1v) is 10.8. The number of nitrogens with one attached hydrogen (secondary N) is 1. The number of hydrogen-bond donors (Lipinski definition) is 1. The largest absolute Gasteiger partial charge is 0.493 e. The first-order chi connectivity index (χ1) is 17.2. The summed E-state index contributed by atoms with van der Waals surface area (Å²) in [6, 6.07) is 22.4. The summed E-state index contributed by atoms with van der Waals surface area (Å²) < 4.78 is 14.2. The van der Waals surface area contributed by atoms with Crippen molar-refractivity contribution in [1.82, 2.24) is 24.5 Å². The number of methoxy groups -OCH3 is 2. The average molecular weight is 467 g/mol. The molecule has 0 spiro atoms. The van der Waals surface area contributed by atoms with Crippen LogP contribution in [0.2, 0.25) is 0 Å². The fraction of sp³-hybridized carbons (Fsp3) is 0.0769. The molecule has 0 aliphatic carbocycles. The Morgan fingerprint density at radius 3 is 2.29 bits per heavy atom. The second kappa shape index (κ2) is 9.52. The van der Waals surface area contributed by atoms with Crippen molar-refractivity contribution in [1.29, 1.82) is 0 Å². The Morgan fingerprint density at radius 1 is 0.857 bits per heavy atom. The van der Waals surface area contributed by atoms with Crippen molar-refractivity contribution in [3.8, 4) is 34.0 Å². The fourth-order valence-corrected chi connectivity index (χ4v) is 3.70. The van der Waals surface area contributed by atoms with Crippen LogP contribution in [-0.4, -0.2) is 44.7 Å². The molecule has 2 heterocycles. The number of benzene rings is 3. The molecule has 0 unspecified atom stereocenters. The fourth-order valence-electron chi connectivity index (χ4n) is 3.70. The third-order valence-corrected chi connectivity index (χ3v) is 5.45. The van der Waals surface area contributed by atoms with Crippen LogP contribution < -0.4 is 14.8 Å². The molecule has 0 saturated heterocycles. The summed E-state index contributed by atoms with van der Waals surface area (Å²) in [5.41, 5.74) is 4.01. The molecule has 0 fully saturated rings.